The van der Waals surface area contributed by atoms with E-state index in [0.29, 0.717) is 28.4 Å². The van der Waals surface area contributed by atoms with Crippen LogP contribution >= 0.6 is 0 Å². The molecule has 0 saturated heterocycles. The molecule has 126 valence electrons. The van der Waals surface area contributed by atoms with Crippen LogP contribution in [-0.2, 0) is 0 Å². The molecule has 0 bridgehead atoms. The average molecular weight is 351 g/mol. The molecule has 2 aromatic heterocycles. The number of azo groups is 1. The van der Waals surface area contributed by atoms with Crippen LogP contribution in [-0.4, -0.2) is 24.9 Å². The molecule has 0 spiro atoms. The van der Waals surface area contributed by atoms with E-state index in [1.807, 2.05) is 6.07 Å². The molecule has 8 nitrogen and oxygen atoms in total. The maximum absolute atomic E-state index is 13.7. The number of phenols is 1. The van der Waals surface area contributed by atoms with Crippen LogP contribution in [0.15, 0.2) is 46.8 Å². The molecule has 2 heterocycles. The van der Waals surface area contributed by atoms with Gasteiger partial charge in [-0.2, -0.15) is 15.5 Å². The Morgan fingerprint density at radius 1 is 1.08 bits per heavy atom. The van der Waals surface area contributed by atoms with Crippen molar-refractivity contribution in [1.29, 1.82) is 5.26 Å². The highest BCUT2D eigenvalue weighted by atomic mass is 19.1. The Hall–Kier alpha value is -4.00. The molecule has 0 saturated carbocycles. The Morgan fingerprint density at radius 3 is 2.73 bits per heavy atom. The molecular formula is C16H7F2N7O. The number of fused-ring (bicyclic) bond motifs is 3. The number of aromatic nitrogens is 4. The molecule has 0 fully saturated rings. The van der Waals surface area contributed by atoms with Crippen molar-refractivity contribution >= 4 is 28.1 Å². The lowest BCUT2D eigenvalue weighted by Gasteiger charge is -2.01. The molecule has 0 aliphatic rings. The van der Waals surface area contributed by atoms with Gasteiger partial charge in [-0.1, -0.05) is 0 Å². The van der Waals surface area contributed by atoms with Gasteiger partial charge in [-0.05, 0) is 18.2 Å². The minimum Gasteiger partial charge on any atom is -0.505 e. The van der Waals surface area contributed by atoms with E-state index in [4.69, 9.17) is 10.4 Å². The molecule has 0 atom stereocenters. The summed E-state index contributed by atoms with van der Waals surface area (Å²) in [4.78, 5) is 0. The van der Waals surface area contributed by atoms with Crippen molar-refractivity contribution in [2.45, 2.75) is 0 Å². The van der Waals surface area contributed by atoms with Crippen LogP contribution in [0.5, 0.6) is 5.75 Å². The van der Waals surface area contributed by atoms with Crippen molar-refractivity contribution in [2.75, 3.05) is 0 Å². The number of rotatable bonds is 2. The second-order valence-corrected chi connectivity index (χ2v) is 5.23. The van der Waals surface area contributed by atoms with Crippen LogP contribution in [0, 0.1) is 23.0 Å². The first-order valence-electron chi connectivity index (χ1n) is 7.21. The number of halogens is 2. The standard InChI is InChI=1S/C16H7F2N7O/c17-10-5-15(26)11(18)4-13(10)23-21-9-1-2-12-14(3-9)25-16(24-22-12)8(6-19)7-20-25/h1-5,7,26H. The molecule has 0 amide bonds. The summed E-state index contributed by atoms with van der Waals surface area (Å²) in [5, 5.41) is 37.8. The summed E-state index contributed by atoms with van der Waals surface area (Å²) >= 11 is 0. The fraction of sp³-hybridized carbons (Fsp3) is 0. The fourth-order valence-electron chi connectivity index (χ4n) is 2.34. The van der Waals surface area contributed by atoms with E-state index in [0.717, 1.165) is 6.07 Å². The Morgan fingerprint density at radius 2 is 1.92 bits per heavy atom. The van der Waals surface area contributed by atoms with Gasteiger partial charge in [-0.3, -0.25) is 0 Å². The molecular weight excluding hydrogens is 344 g/mol. The molecule has 0 unspecified atom stereocenters. The van der Waals surface area contributed by atoms with Crippen molar-refractivity contribution in [2.24, 2.45) is 10.2 Å². The first kappa shape index (κ1) is 15.5. The van der Waals surface area contributed by atoms with Crippen molar-refractivity contribution in [3.05, 3.63) is 53.7 Å². The summed E-state index contributed by atoms with van der Waals surface area (Å²) in [6.45, 7) is 0. The molecule has 1 N–H and O–H groups in total. The molecule has 0 aliphatic heterocycles. The third-order valence-corrected chi connectivity index (χ3v) is 3.59. The Kier molecular flexibility index (Phi) is 3.47. The minimum absolute atomic E-state index is 0.271. The topological polar surface area (TPSA) is 112 Å². The fourth-order valence-corrected chi connectivity index (χ4v) is 2.34. The third-order valence-electron chi connectivity index (χ3n) is 3.59. The van der Waals surface area contributed by atoms with Crippen LogP contribution in [0.4, 0.5) is 20.2 Å². The Labute approximate surface area is 143 Å². The smallest absolute Gasteiger partial charge is 0.195 e. The number of hydrogen-bond acceptors (Lipinski definition) is 7. The van der Waals surface area contributed by atoms with E-state index < -0.39 is 17.4 Å². The number of hydrogen-bond donors (Lipinski definition) is 1. The maximum atomic E-state index is 13.7. The lowest BCUT2D eigenvalue weighted by molar-refractivity contribution is 0.427. The number of nitrogens with zero attached hydrogens (tertiary/aromatic N) is 7. The van der Waals surface area contributed by atoms with E-state index in [1.54, 1.807) is 18.2 Å². The zero-order valence-corrected chi connectivity index (χ0v) is 12.8. The number of phenolic OH excluding ortho intramolecular Hbond substituents is 1. The Bertz CT molecular complexity index is 1240. The largest absolute Gasteiger partial charge is 0.505 e. The van der Waals surface area contributed by atoms with Gasteiger partial charge in [-0.15, -0.1) is 15.3 Å². The molecule has 0 radical (unpaired) electrons. The highest BCUT2D eigenvalue weighted by Gasteiger charge is 2.11. The lowest BCUT2D eigenvalue weighted by atomic mass is 10.2. The third kappa shape index (κ3) is 2.48. The second kappa shape index (κ2) is 5.82. The van der Waals surface area contributed by atoms with Crippen LogP contribution in [0.3, 0.4) is 0 Å². The van der Waals surface area contributed by atoms with E-state index in [2.05, 4.69) is 25.5 Å². The summed E-state index contributed by atoms with van der Waals surface area (Å²) in [7, 11) is 0. The zero-order chi connectivity index (χ0) is 18.3. The summed E-state index contributed by atoms with van der Waals surface area (Å²) in [5.74, 6) is -2.72. The van der Waals surface area contributed by atoms with Gasteiger partial charge in [0.1, 0.15) is 22.8 Å². The number of aromatic hydroxyl groups is 1. The van der Waals surface area contributed by atoms with Gasteiger partial charge in [0.15, 0.2) is 23.0 Å². The van der Waals surface area contributed by atoms with Crippen molar-refractivity contribution in [1.82, 2.24) is 19.8 Å². The second-order valence-electron chi connectivity index (χ2n) is 5.23. The van der Waals surface area contributed by atoms with E-state index >= 15 is 0 Å². The quantitative estimate of drug-likeness (QED) is 0.555. The van der Waals surface area contributed by atoms with Gasteiger partial charge < -0.3 is 5.11 Å². The first-order valence-corrected chi connectivity index (χ1v) is 7.21. The number of nitriles is 1. The van der Waals surface area contributed by atoms with Crippen molar-refractivity contribution in [3.8, 4) is 11.8 Å². The highest BCUT2D eigenvalue weighted by Crippen LogP contribution is 2.28. The molecule has 0 aliphatic carbocycles. The van der Waals surface area contributed by atoms with Crippen LogP contribution < -0.4 is 0 Å². The highest BCUT2D eigenvalue weighted by molar-refractivity contribution is 5.80. The predicted molar refractivity (Wildman–Crippen MR) is 85.2 cm³/mol. The molecule has 4 rings (SSSR count). The molecule has 2 aromatic carbocycles. The summed E-state index contributed by atoms with van der Waals surface area (Å²) in [6.07, 6.45) is 1.37. The summed E-state index contributed by atoms with van der Waals surface area (Å²) < 4.78 is 28.5. The maximum Gasteiger partial charge on any atom is 0.195 e. The molecule has 26 heavy (non-hydrogen) atoms. The lowest BCUT2D eigenvalue weighted by Crippen LogP contribution is -1.96. The van der Waals surface area contributed by atoms with Gasteiger partial charge in [0.05, 0.1) is 17.4 Å². The summed E-state index contributed by atoms with van der Waals surface area (Å²) in [5.41, 5.74) is 1.56. The Balaban J connectivity index is 1.80. The monoisotopic (exact) mass is 351 g/mol. The van der Waals surface area contributed by atoms with Crippen LogP contribution in [0.1, 0.15) is 5.56 Å². The first-order chi connectivity index (χ1) is 12.6. The van der Waals surface area contributed by atoms with Gasteiger partial charge in [0.2, 0.25) is 0 Å². The van der Waals surface area contributed by atoms with Gasteiger partial charge in [0, 0.05) is 12.1 Å². The molecule has 10 heteroatoms. The predicted octanol–water partition coefficient (Wildman–Crippen LogP) is 3.55. The van der Waals surface area contributed by atoms with Crippen molar-refractivity contribution in [3.63, 3.8) is 0 Å². The minimum atomic E-state index is -1.00. The SMILES string of the molecule is N#Cc1cnn2c1nnc1ccc(N=Nc3cc(F)c(O)cc3F)cc12. The van der Waals surface area contributed by atoms with Crippen LogP contribution in [0.2, 0.25) is 0 Å². The average Bonchev–Trinajstić information content (AvgIpc) is 3.07. The van der Waals surface area contributed by atoms with Crippen LogP contribution in [0.25, 0.3) is 16.7 Å². The normalized spacial score (nSPS) is 11.4. The summed E-state index contributed by atoms with van der Waals surface area (Å²) in [6, 6.07) is 8.08. The molecule has 4 aromatic rings. The van der Waals surface area contributed by atoms with Crippen molar-refractivity contribution < 1.29 is 13.9 Å². The van der Waals surface area contributed by atoms with E-state index in [-0.39, 0.29) is 11.3 Å². The number of benzene rings is 2. The van der Waals surface area contributed by atoms with Gasteiger partial charge in [-0.25, -0.2) is 13.3 Å². The van der Waals surface area contributed by atoms with E-state index in [9.17, 15) is 8.78 Å². The van der Waals surface area contributed by atoms with Gasteiger partial charge >= 0.3 is 0 Å². The van der Waals surface area contributed by atoms with E-state index in [1.165, 1.54) is 10.7 Å². The zero-order valence-electron chi connectivity index (χ0n) is 12.8. The van der Waals surface area contributed by atoms with Gasteiger partial charge in [0.25, 0.3) is 0 Å².